The van der Waals surface area contributed by atoms with Gasteiger partial charge in [0.05, 0.1) is 23.5 Å². The highest BCUT2D eigenvalue weighted by Gasteiger charge is 2.51. The lowest BCUT2D eigenvalue weighted by Crippen LogP contribution is -2.54. The van der Waals surface area contributed by atoms with E-state index in [1.807, 2.05) is 0 Å². The quantitative estimate of drug-likeness (QED) is 0.195. The minimum Gasteiger partial charge on any atom is -0.287 e. The van der Waals surface area contributed by atoms with Crippen LogP contribution in [0.25, 0.3) is 33.9 Å². The zero-order valence-corrected chi connectivity index (χ0v) is 29.3. The third kappa shape index (κ3) is 5.25. The molecule has 1 saturated heterocycles. The lowest BCUT2D eigenvalue weighted by atomic mass is 9.88. The smallest absolute Gasteiger partial charge is 0.180 e. The lowest BCUT2D eigenvalue weighted by Gasteiger charge is -2.39. The van der Waals surface area contributed by atoms with Crippen LogP contribution in [0.1, 0.15) is 63.9 Å². The third-order valence-electron chi connectivity index (χ3n) is 11.5. The van der Waals surface area contributed by atoms with Crippen LogP contribution in [-0.4, -0.2) is 9.55 Å². The van der Waals surface area contributed by atoms with Crippen molar-refractivity contribution in [1.82, 2.24) is 20.2 Å². The first-order valence-electron chi connectivity index (χ1n) is 18.9. The number of nitrogens with one attached hydrogen (secondary N) is 2. The summed E-state index contributed by atoms with van der Waals surface area (Å²) in [5.41, 5.74) is 14.9. The highest BCUT2D eigenvalue weighted by atomic mass is 15.5. The number of imidazole rings is 1. The van der Waals surface area contributed by atoms with Crippen molar-refractivity contribution in [2.75, 3.05) is 0 Å². The van der Waals surface area contributed by atoms with E-state index in [1.165, 1.54) is 44.5 Å². The zero-order valence-electron chi connectivity index (χ0n) is 29.3. The second kappa shape index (κ2) is 12.9. The molecule has 1 fully saturated rings. The van der Waals surface area contributed by atoms with Crippen molar-refractivity contribution in [3.63, 3.8) is 0 Å². The summed E-state index contributed by atoms with van der Waals surface area (Å²) in [4.78, 5) is 5.80. The zero-order chi connectivity index (χ0) is 34.5. The maximum Gasteiger partial charge on any atom is 0.180 e. The van der Waals surface area contributed by atoms with Gasteiger partial charge in [-0.1, -0.05) is 152 Å². The van der Waals surface area contributed by atoms with Gasteiger partial charge in [-0.25, -0.2) is 4.98 Å². The van der Waals surface area contributed by atoms with Crippen molar-refractivity contribution in [2.24, 2.45) is 0 Å². The molecule has 4 nitrogen and oxygen atoms in total. The highest BCUT2D eigenvalue weighted by molar-refractivity contribution is 5.83. The van der Waals surface area contributed by atoms with Crippen LogP contribution in [0.5, 0.6) is 0 Å². The number of nitrogens with zero attached hydrogens (tertiary/aromatic N) is 2. The Balaban J connectivity index is 1.38. The molecule has 2 atom stereocenters. The van der Waals surface area contributed by atoms with Crippen LogP contribution in [0.2, 0.25) is 0 Å². The van der Waals surface area contributed by atoms with E-state index in [2.05, 4.69) is 173 Å². The summed E-state index contributed by atoms with van der Waals surface area (Å²) in [6.45, 7) is 0. The molecule has 4 bridgehead atoms. The van der Waals surface area contributed by atoms with Crippen molar-refractivity contribution in [1.29, 1.82) is 0 Å². The number of aryl methyl sites for hydroxylation is 4. The maximum absolute atomic E-state index is 5.80. The van der Waals surface area contributed by atoms with Gasteiger partial charge in [0, 0.05) is 22.3 Å². The van der Waals surface area contributed by atoms with Crippen LogP contribution in [-0.2, 0) is 31.5 Å². The van der Waals surface area contributed by atoms with Gasteiger partial charge in [0.1, 0.15) is 5.82 Å². The van der Waals surface area contributed by atoms with Crippen molar-refractivity contribution in [3.8, 4) is 33.9 Å². The van der Waals surface area contributed by atoms with Crippen LogP contribution < -0.4 is 10.6 Å². The van der Waals surface area contributed by atoms with E-state index in [0.717, 1.165) is 66.9 Å². The summed E-state index contributed by atoms with van der Waals surface area (Å²) in [6, 6.07) is 58.2. The van der Waals surface area contributed by atoms with Crippen LogP contribution in [0.4, 0.5) is 0 Å². The van der Waals surface area contributed by atoms with Gasteiger partial charge in [0.15, 0.2) is 5.79 Å². The molecule has 254 valence electrons. The van der Waals surface area contributed by atoms with E-state index in [-0.39, 0.29) is 12.1 Å². The first-order chi connectivity index (χ1) is 25.7. The molecule has 3 aliphatic rings. The Hall–Kier alpha value is -5.55. The van der Waals surface area contributed by atoms with Crippen molar-refractivity contribution in [3.05, 3.63) is 197 Å². The highest BCUT2D eigenvalue weighted by Crippen LogP contribution is 2.49. The molecule has 10 rings (SSSR count). The number of fused-ring (bicyclic) bond motifs is 2. The molecule has 52 heavy (non-hydrogen) atoms. The molecule has 2 unspecified atom stereocenters. The summed E-state index contributed by atoms with van der Waals surface area (Å²) in [6.07, 6.45) is 6.22. The largest absolute Gasteiger partial charge is 0.287 e. The Bertz CT molecular complexity index is 2320. The second-order valence-electron chi connectivity index (χ2n) is 14.7. The van der Waals surface area contributed by atoms with Gasteiger partial charge < -0.3 is 0 Å². The van der Waals surface area contributed by atoms with Gasteiger partial charge >= 0.3 is 0 Å². The molecule has 3 aliphatic heterocycles. The van der Waals surface area contributed by atoms with E-state index in [4.69, 9.17) is 4.98 Å². The summed E-state index contributed by atoms with van der Waals surface area (Å²) >= 11 is 0. The molecular weight excluding hydrogens is 633 g/mol. The molecule has 0 aliphatic carbocycles. The number of hydrogen-bond acceptors (Lipinski definition) is 3. The fourth-order valence-electron chi connectivity index (χ4n) is 9.03. The Labute approximate surface area is 306 Å². The molecule has 0 amide bonds. The van der Waals surface area contributed by atoms with Crippen molar-refractivity contribution < 1.29 is 0 Å². The minimum atomic E-state index is -0.850. The molecular formula is C48H42N4. The van der Waals surface area contributed by atoms with Crippen molar-refractivity contribution in [2.45, 2.75) is 56.4 Å². The second-order valence-corrected chi connectivity index (χ2v) is 14.7. The third-order valence-corrected chi connectivity index (χ3v) is 11.5. The summed E-state index contributed by atoms with van der Waals surface area (Å²) in [5, 5.41) is 8.80. The molecule has 1 spiro atoms. The van der Waals surface area contributed by atoms with Crippen LogP contribution in [0.3, 0.4) is 0 Å². The Morgan fingerprint density at radius 1 is 0.519 bits per heavy atom. The first kappa shape index (κ1) is 31.2. The molecule has 4 heteroatoms. The monoisotopic (exact) mass is 674 g/mol. The summed E-state index contributed by atoms with van der Waals surface area (Å²) in [7, 11) is 0. The number of benzene rings is 6. The Morgan fingerprint density at radius 3 is 1.67 bits per heavy atom. The lowest BCUT2D eigenvalue weighted by molar-refractivity contribution is 0.269. The van der Waals surface area contributed by atoms with E-state index >= 15 is 0 Å². The molecule has 0 radical (unpaired) electrons. The van der Waals surface area contributed by atoms with Crippen molar-refractivity contribution >= 4 is 0 Å². The SMILES string of the molecule is c1ccc(-c2nc3n(c2-c2ccccc2)C2(NC(c4ccccc4)C(c4ccccc4)N2)c2cc4ccc2CCCc2ccc(cc2-3)CCC4)cc1. The normalized spacial score (nSPS) is 20.5. The van der Waals surface area contributed by atoms with E-state index in [0.29, 0.717) is 0 Å². The Morgan fingerprint density at radius 2 is 1.04 bits per heavy atom. The standard InChI is InChI=1S/C48H42N4/c1-5-17-37(18-6-1)43-44(38-19-7-2-8-20-38)51-48(50-43)42-32-34-16-13-15-33-27-29-35(25-14-26-36(42)30-28-34)41(31-33)47-49-45(39-21-9-3-10-22-39)46(52(47)48)40-23-11-4-12-24-40/h1-12,17-24,27-32,43-44,50-51H,13-16,25-26H2. The van der Waals surface area contributed by atoms with Crippen LogP contribution in [0, 0.1) is 0 Å². The van der Waals surface area contributed by atoms with Gasteiger partial charge in [0.25, 0.3) is 0 Å². The fraction of sp³-hybridized carbons (Fsp3) is 0.188. The molecule has 7 aromatic rings. The first-order valence-corrected chi connectivity index (χ1v) is 18.9. The van der Waals surface area contributed by atoms with E-state index in [1.54, 1.807) is 0 Å². The van der Waals surface area contributed by atoms with Gasteiger partial charge in [-0.15, -0.1) is 0 Å². The summed E-state index contributed by atoms with van der Waals surface area (Å²) in [5.74, 6) is 0.144. The van der Waals surface area contributed by atoms with Crippen LogP contribution in [0.15, 0.2) is 158 Å². The number of aromatic nitrogens is 2. The predicted octanol–water partition coefficient (Wildman–Crippen LogP) is 10.2. The van der Waals surface area contributed by atoms with E-state index in [9.17, 15) is 0 Å². The molecule has 1 aromatic heterocycles. The molecule has 2 N–H and O–H groups in total. The molecule has 4 heterocycles. The minimum absolute atomic E-state index is 0.0270. The Kier molecular flexibility index (Phi) is 7.74. The topological polar surface area (TPSA) is 41.9 Å². The maximum atomic E-state index is 5.80. The average molecular weight is 675 g/mol. The average Bonchev–Trinajstić information content (AvgIpc) is 3.81. The summed E-state index contributed by atoms with van der Waals surface area (Å²) < 4.78 is 2.57. The van der Waals surface area contributed by atoms with Gasteiger partial charge in [-0.2, -0.15) is 0 Å². The number of hydrogen-bond donors (Lipinski definition) is 2. The van der Waals surface area contributed by atoms with Gasteiger partial charge in [0.2, 0.25) is 0 Å². The molecule has 0 saturated carbocycles. The fourth-order valence-corrected chi connectivity index (χ4v) is 9.03. The van der Waals surface area contributed by atoms with E-state index < -0.39 is 5.79 Å². The predicted molar refractivity (Wildman–Crippen MR) is 211 cm³/mol. The molecule has 6 aromatic carbocycles. The van der Waals surface area contributed by atoms with Gasteiger partial charge in [-0.05, 0) is 78.0 Å². The number of rotatable bonds is 4. The van der Waals surface area contributed by atoms with Gasteiger partial charge in [-0.3, -0.25) is 15.2 Å². The van der Waals surface area contributed by atoms with Crippen LogP contribution >= 0.6 is 0 Å².